The largest absolute Gasteiger partial charge is 0.507 e. The van der Waals surface area contributed by atoms with Gasteiger partial charge >= 0.3 is 0 Å². The molecule has 0 amide bonds. The quantitative estimate of drug-likeness (QED) is 0.717. The molecule has 6 heteroatoms. The highest BCUT2D eigenvalue weighted by Crippen LogP contribution is 2.33. The Morgan fingerprint density at radius 1 is 1.00 bits per heavy atom. The van der Waals surface area contributed by atoms with E-state index in [1.807, 2.05) is 54.4 Å². The van der Waals surface area contributed by atoms with Crippen LogP contribution in [0.3, 0.4) is 0 Å². The zero-order chi connectivity index (χ0) is 19.5. The fourth-order valence-corrected chi connectivity index (χ4v) is 3.77. The highest BCUT2D eigenvalue weighted by atomic mass is 19.1. The molecular weight excluding hydrogens is 355 g/mol. The molecule has 1 aliphatic carbocycles. The van der Waals surface area contributed by atoms with Crippen molar-refractivity contribution in [3.05, 3.63) is 54.7 Å². The zero-order valence-electron chi connectivity index (χ0n) is 15.8. The maximum Gasteiger partial charge on any atom is 0.151 e. The molecule has 0 spiro atoms. The van der Waals surface area contributed by atoms with Crippen LogP contribution < -0.4 is 4.90 Å². The predicted octanol–water partition coefficient (Wildman–Crippen LogP) is 4.63. The van der Waals surface area contributed by atoms with Crippen LogP contribution in [0, 0.1) is 0 Å². The van der Waals surface area contributed by atoms with Gasteiger partial charge in [-0.3, -0.25) is 4.98 Å². The molecule has 5 nitrogen and oxygen atoms in total. The first kappa shape index (κ1) is 18.3. The van der Waals surface area contributed by atoms with Gasteiger partial charge in [-0.15, -0.1) is 10.2 Å². The molecule has 1 saturated carbocycles. The number of hydrogen-bond acceptors (Lipinski definition) is 5. The number of nitrogens with zero attached hydrogens (tertiary/aromatic N) is 4. The van der Waals surface area contributed by atoms with Crippen molar-refractivity contribution in [2.45, 2.75) is 37.9 Å². The third-order valence-electron chi connectivity index (χ3n) is 5.39. The second-order valence-corrected chi connectivity index (χ2v) is 7.20. The van der Waals surface area contributed by atoms with E-state index in [9.17, 15) is 9.50 Å². The first-order valence-corrected chi connectivity index (χ1v) is 9.59. The minimum atomic E-state index is -0.830. The van der Waals surface area contributed by atoms with Gasteiger partial charge in [0.15, 0.2) is 5.82 Å². The SMILES string of the molecule is CN(c1ccc(-c2ccc(-c3ccccn3)cc2O)nn1)[C@@H]1CCCC[C@@H]1F. The number of benzene rings is 1. The first-order valence-electron chi connectivity index (χ1n) is 9.59. The molecule has 144 valence electrons. The highest BCUT2D eigenvalue weighted by molar-refractivity contribution is 5.73. The van der Waals surface area contributed by atoms with Gasteiger partial charge in [0.05, 0.1) is 17.4 Å². The lowest BCUT2D eigenvalue weighted by Crippen LogP contribution is -2.41. The Labute approximate surface area is 163 Å². The molecule has 4 rings (SSSR count). The standard InChI is InChI=1S/C22H23FN4O/c1-27(20-8-3-2-6-17(20)23)22-12-11-19(25-26-22)16-10-9-15(14-21(16)28)18-7-4-5-13-24-18/h4-5,7,9-14,17,20,28H,2-3,6,8H2,1H3/t17-,20+/m0/s1. The van der Waals surface area contributed by atoms with E-state index in [1.54, 1.807) is 12.3 Å². The van der Waals surface area contributed by atoms with Crippen LogP contribution in [0.2, 0.25) is 0 Å². The minimum absolute atomic E-state index is 0.120. The number of rotatable bonds is 4. The van der Waals surface area contributed by atoms with E-state index in [0.29, 0.717) is 23.5 Å². The number of phenolic OH excluding ortho intramolecular Hbond substituents is 1. The molecule has 3 aromatic rings. The Kier molecular flexibility index (Phi) is 5.19. The summed E-state index contributed by atoms with van der Waals surface area (Å²) in [5.41, 5.74) is 2.79. The van der Waals surface area contributed by atoms with Gasteiger partial charge in [-0.05, 0) is 49.2 Å². The summed E-state index contributed by atoms with van der Waals surface area (Å²) in [7, 11) is 1.87. The van der Waals surface area contributed by atoms with Crippen molar-refractivity contribution < 1.29 is 9.50 Å². The van der Waals surface area contributed by atoms with E-state index in [-0.39, 0.29) is 11.8 Å². The lowest BCUT2D eigenvalue weighted by Gasteiger charge is -2.34. The van der Waals surface area contributed by atoms with Gasteiger partial charge in [0.1, 0.15) is 11.9 Å². The van der Waals surface area contributed by atoms with Crippen LogP contribution in [0.1, 0.15) is 25.7 Å². The predicted molar refractivity (Wildman–Crippen MR) is 108 cm³/mol. The third-order valence-corrected chi connectivity index (χ3v) is 5.39. The van der Waals surface area contributed by atoms with Crippen LogP contribution in [0.5, 0.6) is 5.75 Å². The molecule has 0 aliphatic heterocycles. The van der Waals surface area contributed by atoms with E-state index in [0.717, 1.165) is 30.5 Å². The molecule has 28 heavy (non-hydrogen) atoms. The fourth-order valence-electron chi connectivity index (χ4n) is 3.77. The van der Waals surface area contributed by atoms with Crippen LogP contribution >= 0.6 is 0 Å². The summed E-state index contributed by atoms with van der Waals surface area (Å²) < 4.78 is 14.2. The van der Waals surface area contributed by atoms with Gasteiger partial charge in [-0.1, -0.05) is 25.0 Å². The lowest BCUT2D eigenvalue weighted by atomic mass is 9.92. The topological polar surface area (TPSA) is 62.1 Å². The van der Waals surface area contributed by atoms with Crippen molar-refractivity contribution >= 4 is 5.82 Å². The van der Waals surface area contributed by atoms with Crippen molar-refractivity contribution in [1.29, 1.82) is 0 Å². The van der Waals surface area contributed by atoms with Crippen molar-refractivity contribution in [2.75, 3.05) is 11.9 Å². The van der Waals surface area contributed by atoms with Gasteiger partial charge in [0.2, 0.25) is 0 Å². The molecule has 0 radical (unpaired) electrons. The van der Waals surface area contributed by atoms with E-state index in [1.165, 1.54) is 0 Å². The van der Waals surface area contributed by atoms with E-state index >= 15 is 0 Å². The van der Waals surface area contributed by atoms with Crippen molar-refractivity contribution in [3.8, 4) is 28.3 Å². The number of pyridine rings is 1. The number of alkyl halides is 1. The number of anilines is 1. The zero-order valence-corrected chi connectivity index (χ0v) is 15.8. The number of halogens is 1. The summed E-state index contributed by atoms with van der Waals surface area (Å²) in [4.78, 5) is 6.18. The summed E-state index contributed by atoms with van der Waals surface area (Å²) in [5, 5.41) is 19.0. The summed E-state index contributed by atoms with van der Waals surface area (Å²) in [6.45, 7) is 0. The molecule has 1 aromatic carbocycles. The normalized spacial score (nSPS) is 19.4. The van der Waals surface area contributed by atoms with Crippen molar-refractivity contribution in [2.24, 2.45) is 0 Å². The van der Waals surface area contributed by atoms with Crippen molar-refractivity contribution in [1.82, 2.24) is 15.2 Å². The summed E-state index contributed by atoms with van der Waals surface area (Å²) >= 11 is 0. The molecule has 2 atom stereocenters. The molecule has 0 saturated heterocycles. The molecule has 2 aromatic heterocycles. The second kappa shape index (κ2) is 7.92. The van der Waals surface area contributed by atoms with Crippen LogP contribution in [0.15, 0.2) is 54.7 Å². The van der Waals surface area contributed by atoms with E-state index in [2.05, 4.69) is 15.2 Å². The Hall–Kier alpha value is -3.02. The maximum absolute atomic E-state index is 14.2. The second-order valence-electron chi connectivity index (χ2n) is 7.20. The maximum atomic E-state index is 14.2. The fraction of sp³-hybridized carbons (Fsp3) is 0.318. The lowest BCUT2D eigenvalue weighted by molar-refractivity contribution is 0.213. The van der Waals surface area contributed by atoms with Crippen LogP contribution in [-0.4, -0.2) is 39.5 Å². The van der Waals surface area contributed by atoms with Gasteiger partial charge in [0, 0.05) is 24.4 Å². The molecule has 1 N–H and O–H groups in total. The average molecular weight is 378 g/mol. The summed E-state index contributed by atoms with van der Waals surface area (Å²) in [6, 6.07) is 14.5. The van der Waals surface area contributed by atoms with Gasteiger partial charge in [-0.2, -0.15) is 0 Å². The Balaban J connectivity index is 1.55. The molecule has 2 heterocycles. The third kappa shape index (κ3) is 3.67. The Morgan fingerprint density at radius 2 is 1.86 bits per heavy atom. The Morgan fingerprint density at radius 3 is 2.54 bits per heavy atom. The van der Waals surface area contributed by atoms with E-state index < -0.39 is 6.17 Å². The molecule has 1 aliphatic rings. The molecule has 0 unspecified atom stereocenters. The monoisotopic (exact) mass is 378 g/mol. The summed E-state index contributed by atoms with van der Waals surface area (Å²) in [5.74, 6) is 0.762. The molecule has 0 bridgehead atoms. The van der Waals surface area contributed by atoms with Gasteiger partial charge < -0.3 is 10.0 Å². The van der Waals surface area contributed by atoms with Crippen LogP contribution in [0.4, 0.5) is 10.2 Å². The van der Waals surface area contributed by atoms with Crippen LogP contribution in [0.25, 0.3) is 22.5 Å². The van der Waals surface area contributed by atoms with Gasteiger partial charge in [0.25, 0.3) is 0 Å². The number of aromatic nitrogens is 3. The van der Waals surface area contributed by atoms with Crippen molar-refractivity contribution in [3.63, 3.8) is 0 Å². The first-order chi connectivity index (χ1) is 13.6. The summed E-state index contributed by atoms with van der Waals surface area (Å²) in [6.07, 6.45) is 4.31. The average Bonchev–Trinajstić information content (AvgIpc) is 2.74. The number of hydrogen-bond donors (Lipinski definition) is 1. The van der Waals surface area contributed by atoms with E-state index in [4.69, 9.17) is 0 Å². The number of aromatic hydroxyl groups is 1. The Bertz CT molecular complexity index is 933. The molecular formula is C22H23FN4O. The number of phenols is 1. The molecule has 1 fully saturated rings. The minimum Gasteiger partial charge on any atom is -0.507 e. The van der Waals surface area contributed by atoms with Gasteiger partial charge in [-0.25, -0.2) is 4.39 Å². The van der Waals surface area contributed by atoms with Crippen LogP contribution in [-0.2, 0) is 0 Å². The highest BCUT2D eigenvalue weighted by Gasteiger charge is 2.29. The smallest absolute Gasteiger partial charge is 0.151 e.